The molecule has 1 rings (SSSR count). The van der Waals surface area contributed by atoms with Crippen LogP contribution in [0.1, 0.15) is 19.0 Å². The van der Waals surface area contributed by atoms with Gasteiger partial charge in [0.25, 0.3) is 0 Å². The van der Waals surface area contributed by atoms with Gasteiger partial charge in [-0.3, -0.25) is 4.68 Å². The maximum atomic E-state index is 12.2. The van der Waals surface area contributed by atoms with Gasteiger partial charge in [-0.25, -0.2) is 0 Å². The molecule has 0 N–H and O–H groups in total. The van der Waals surface area contributed by atoms with E-state index < -0.39 is 11.9 Å². The van der Waals surface area contributed by atoms with Gasteiger partial charge in [0.15, 0.2) is 5.69 Å². The molecule has 0 saturated heterocycles. The van der Waals surface area contributed by atoms with Crippen molar-refractivity contribution in [3.8, 4) is 0 Å². The van der Waals surface area contributed by atoms with Gasteiger partial charge in [0.1, 0.15) is 0 Å². The molecule has 0 saturated carbocycles. The van der Waals surface area contributed by atoms with Gasteiger partial charge in [-0.05, 0) is 29.0 Å². The normalized spacial score (nSPS) is 12.1. The summed E-state index contributed by atoms with van der Waals surface area (Å²) in [6, 6.07) is 0. The van der Waals surface area contributed by atoms with Gasteiger partial charge >= 0.3 is 6.18 Å². The van der Waals surface area contributed by atoms with Gasteiger partial charge in [-0.1, -0.05) is 6.92 Å². The molecule has 2 nitrogen and oxygen atoms in total. The van der Waals surface area contributed by atoms with E-state index in [2.05, 4.69) is 5.10 Å². The molecule has 6 heteroatoms. The second-order valence-electron chi connectivity index (χ2n) is 2.59. The molecular formula is C7H8F3IN2. The Morgan fingerprint density at radius 3 is 2.54 bits per heavy atom. The van der Waals surface area contributed by atoms with Crippen LogP contribution < -0.4 is 0 Å². The highest BCUT2D eigenvalue weighted by atomic mass is 127. The predicted molar refractivity (Wildman–Crippen MR) is 50.2 cm³/mol. The van der Waals surface area contributed by atoms with Gasteiger partial charge in [-0.15, -0.1) is 0 Å². The molecule has 0 spiro atoms. The number of rotatable bonds is 2. The average Bonchev–Trinajstić information content (AvgIpc) is 2.30. The minimum atomic E-state index is -4.34. The van der Waals surface area contributed by atoms with Crippen LogP contribution in [-0.4, -0.2) is 9.78 Å². The number of hydrogen-bond donors (Lipinski definition) is 0. The first-order valence-electron chi connectivity index (χ1n) is 3.75. The fourth-order valence-electron chi connectivity index (χ4n) is 0.933. The Morgan fingerprint density at radius 2 is 2.15 bits per heavy atom. The Morgan fingerprint density at radius 1 is 1.54 bits per heavy atom. The molecule has 0 aromatic carbocycles. The van der Waals surface area contributed by atoms with Crippen LogP contribution in [0.2, 0.25) is 0 Å². The maximum Gasteiger partial charge on any atom is 0.436 e. The van der Waals surface area contributed by atoms with Crippen molar-refractivity contribution < 1.29 is 13.2 Å². The van der Waals surface area contributed by atoms with Crippen molar-refractivity contribution in [3.05, 3.63) is 15.5 Å². The lowest BCUT2D eigenvalue weighted by Crippen LogP contribution is -2.09. The zero-order valence-electron chi connectivity index (χ0n) is 6.90. The molecular weight excluding hydrogens is 296 g/mol. The molecule has 0 aliphatic rings. The van der Waals surface area contributed by atoms with Crippen LogP contribution >= 0.6 is 22.6 Å². The lowest BCUT2D eigenvalue weighted by molar-refractivity contribution is -0.142. The standard InChI is InChI=1S/C7H8F3IN2/c1-2-3-13-4-5(11)6(12-13)7(8,9)10/h4H,2-3H2,1H3. The molecule has 0 aliphatic heterocycles. The minimum Gasteiger partial charge on any atom is -0.271 e. The number of aromatic nitrogens is 2. The Hall–Kier alpha value is -0.270. The number of hydrogen-bond acceptors (Lipinski definition) is 1. The van der Waals surface area contributed by atoms with Crippen LogP contribution in [0, 0.1) is 3.57 Å². The summed E-state index contributed by atoms with van der Waals surface area (Å²) in [7, 11) is 0. The fraction of sp³-hybridized carbons (Fsp3) is 0.571. The number of aryl methyl sites for hydroxylation is 1. The smallest absolute Gasteiger partial charge is 0.271 e. The number of halogens is 4. The third kappa shape index (κ3) is 2.58. The molecule has 74 valence electrons. The quantitative estimate of drug-likeness (QED) is 0.768. The van der Waals surface area contributed by atoms with Crippen LogP contribution in [0.15, 0.2) is 6.20 Å². The van der Waals surface area contributed by atoms with Crippen LogP contribution in [0.5, 0.6) is 0 Å². The van der Waals surface area contributed by atoms with Gasteiger partial charge in [-0.2, -0.15) is 18.3 Å². The highest BCUT2D eigenvalue weighted by Gasteiger charge is 2.36. The molecule has 0 bridgehead atoms. The van der Waals surface area contributed by atoms with Crippen molar-refractivity contribution >= 4 is 22.6 Å². The zero-order chi connectivity index (χ0) is 10.1. The van der Waals surface area contributed by atoms with Gasteiger partial charge in [0.2, 0.25) is 0 Å². The topological polar surface area (TPSA) is 17.8 Å². The maximum absolute atomic E-state index is 12.2. The number of nitrogens with zero attached hydrogens (tertiary/aromatic N) is 2. The summed E-state index contributed by atoms with van der Waals surface area (Å²) in [6.07, 6.45) is -2.16. The van der Waals surface area contributed by atoms with Crippen LogP contribution in [0.25, 0.3) is 0 Å². The van der Waals surface area contributed by atoms with Gasteiger partial charge in [0.05, 0.1) is 3.57 Å². The summed E-state index contributed by atoms with van der Waals surface area (Å²) in [4.78, 5) is 0. The number of alkyl halides is 3. The van der Waals surface area contributed by atoms with E-state index in [1.165, 1.54) is 10.9 Å². The molecule has 1 heterocycles. The van der Waals surface area contributed by atoms with E-state index in [1.54, 1.807) is 22.6 Å². The summed E-state index contributed by atoms with van der Waals surface area (Å²) in [5.74, 6) is 0. The molecule has 1 aromatic rings. The Labute approximate surface area is 87.3 Å². The molecule has 0 unspecified atom stereocenters. The van der Waals surface area contributed by atoms with Gasteiger partial charge < -0.3 is 0 Å². The van der Waals surface area contributed by atoms with E-state index in [1.807, 2.05) is 6.92 Å². The van der Waals surface area contributed by atoms with E-state index in [9.17, 15) is 13.2 Å². The molecule has 0 amide bonds. The van der Waals surface area contributed by atoms with Crippen LogP contribution in [0.3, 0.4) is 0 Å². The molecule has 1 aromatic heterocycles. The molecule has 0 fully saturated rings. The highest BCUT2D eigenvalue weighted by Crippen LogP contribution is 2.31. The van der Waals surface area contributed by atoms with E-state index in [0.717, 1.165) is 6.42 Å². The first-order valence-corrected chi connectivity index (χ1v) is 4.83. The second-order valence-corrected chi connectivity index (χ2v) is 3.75. The van der Waals surface area contributed by atoms with E-state index in [-0.39, 0.29) is 3.57 Å². The highest BCUT2D eigenvalue weighted by molar-refractivity contribution is 14.1. The SMILES string of the molecule is CCCn1cc(I)c(C(F)(F)F)n1. The van der Waals surface area contributed by atoms with Crippen molar-refractivity contribution in [2.45, 2.75) is 26.1 Å². The molecule has 13 heavy (non-hydrogen) atoms. The van der Waals surface area contributed by atoms with Crippen molar-refractivity contribution in [2.24, 2.45) is 0 Å². The van der Waals surface area contributed by atoms with Crippen LogP contribution in [0.4, 0.5) is 13.2 Å². The fourth-order valence-corrected chi connectivity index (χ4v) is 1.67. The molecule has 0 aliphatic carbocycles. The zero-order valence-corrected chi connectivity index (χ0v) is 9.06. The van der Waals surface area contributed by atoms with Crippen molar-refractivity contribution in [1.29, 1.82) is 0 Å². The molecule has 0 atom stereocenters. The average molecular weight is 304 g/mol. The first-order chi connectivity index (χ1) is 5.95. The Kier molecular flexibility index (Phi) is 3.20. The summed E-state index contributed by atoms with van der Waals surface area (Å²) in [6.45, 7) is 2.41. The van der Waals surface area contributed by atoms with Crippen molar-refractivity contribution in [1.82, 2.24) is 9.78 Å². The molecule has 0 radical (unpaired) electrons. The first kappa shape index (κ1) is 10.8. The Balaban J connectivity index is 2.96. The van der Waals surface area contributed by atoms with E-state index in [0.29, 0.717) is 6.54 Å². The predicted octanol–water partition coefficient (Wildman–Crippen LogP) is 2.92. The van der Waals surface area contributed by atoms with Crippen molar-refractivity contribution in [2.75, 3.05) is 0 Å². The lowest BCUT2D eigenvalue weighted by atomic mass is 10.4. The van der Waals surface area contributed by atoms with Crippen LogP contribution in [-0.2, 0) is 12.7 Å². The summed E-state index contributed by atoms with van der Waals surface area (Å²) in [5.41, 5.74) is -0.790. The minimum absolute atomic E-state index is 0.151. The summed E-state index contributed by atoms with van der Waals surface area (Å²) < 4.78 is 38.1. The van der Waals surface area contributed by atoms with E-state index in [4.69, 9.17) is 0 Å². The Bertz CT molecular complexity index is 292. The summed E-state index contributed by atoms with van der Waals surface area (Å²) >= 11 is 1.64. The van der Waals surface area contributed by atoms with E-state index >= 15 is 0 Å². The lowest BCUT2D eigenvalue weighted by Gasteiger charge is -2.01. The second kappa shape index (κ2) is 3.85. The summed E-state index contributed by atoms with van der Waals surface area (Å²) in [5, 5.41) is 3.45. The van der Waals surface area contributed by atoms with Gasteiger partial charge in [0, 0.05) is 12.7 Å². The largest absolute Gasteiger partial charge is 0.436 e. The third-order valence-corrected chi connectivity index (χ3v) is 2.23. The van der Waals surface area contributed by atoms with Crippen molar-refractivity contribution in [3.63, 3.8) is 0 Å². The monoisotopic (exact) mass is 304 g/mol. The third-order valence-electron chi connectivity index (χ3n) is 1.44.